The average molecular weight is 260 g/mol. The van der Waals surface area contributed by atoms with Crippen LogP contribution in [0.3, 0.4) is 0 Å². The Bertz CT molecular complexity index is 598. The lowest BCUT2D eigenvalue weighted by Gasteiger charge is -2.22. The van der Waals surface area contributed by atoms with Crippen molar-refractivity contribution in [2.45, 2.75) is 32.7 Å². The topological polar surface area (TPSA) is 68.3 Å². The van der Waals surface area contributed by atoms with Crippen molar-refractivity contribution in [3.8, 4) is 0 Å². The minimum absolute atomic E-state index is 0.202. The SMILES string of the molecule is CC1CCc2c(C(=O)O)nc(Cc3ccco3)n2C1. The van der Waals surface area contributed by atoms with Crippen LogP contribution in [0.4, 0.5) is 0 Å². The summed E-state index contributed by atoms with van der Waals surface area (Å²) in [6.45, 7) is 3.02. The molecule has 0 saturated heterocycles. The van der Waals surface area contributed by atoms with E-state index in [1.54, 1.807) is 6.26 Å². The van der Waals surface area contributed by atoms with Crippen LogP contribution in [-0.4, -0.2) is 20.6 Å². The van der Waals surface area contributed by atoms with Crippen molar-refractivity contribution in [1.29, 1.82) is 0 Å². The van der Waals surface area contributed by atoms with Gasteiger partial charge in [-0.3, -0.25) is 0 Å². The number of aromatic nitrogens is 2. The average Bonchev–Trinajstić information content (AvgIpc) is 2.98. The molecule has 0 aromatic carbocycles. The predicted molar refractivity (Wildman–Crippen MR) is 68.2 cm³/mol. The summed E-state index contributed by atoms with van der Waals surface area (Å²) in [7, 11) is 0. The predicted octanol–water partition coefficient (Wildman–Crippen LogP) is 2.35. The van der Waals surface area contributed by atoms with Gasteiger partial charge in [0.2, 0.25) is 0 Å². The van der Waals surface area contributed by atoms with Crippen LogP contribution in [-0.2, 0) is 19.4 Å². The van der Waals surface area contributed by atoms with E-state index < -0.39 is 5.97 Å². The first kappa shape index (κ1) is 12.0. The monoisotopic (exact) mass is 260 g/mol. The number of aromatic carboxylic acids is 1. The maximum absolute atomic E-state index is 11.3. The second kappa shape index (κ2) is 4.57. The van der Waals surface area contributed by atoms with Crippen molar-refractivity contribution in [2.75, 3.05) is 0 Å². The molecule has 2 aromatic rings. The van der Waals surface area contributed by atoms with Crippen molar-refractivity contribution in [2.24, 2.45) is 5.92 Å². The van der Waals surface area contributed by atoms with Crippen LogP contribution in [0.15, 0.2) is 22.8 Å². The lowest BCUT2D eigenvalue weighted by atomic mass is 9.99. The first-order valence-electron chi connectivity index (χ1n) is 6.49. The minimum Gasteiger partial charge on any atom is -0.476 e. The molecule has 0 saturated carbocycles. The molecule has 19 heavy (non-hydrogen) atoms. The van der Waals surface area contributed by atoms with Gasteiger partial charge >= 0.3 is 5.97 Å². The highest BCUT2D eigenvalue weighted by Gasteiger charge is 2.26. The molecular formula is C14H16N2O3. The second-order valence-corrected chi connectivity index (χ2v) is 5.14. The summed E-state index contributed by atoms with van der Waals surface area (Å²) in [6, 6.07) is 3.71. The molecule has 0 fully saturated rings. The molecule has 1 aliphatic heterocycles. The van der Waals surface area contributed by atoms with Crippen LogP contribution in [0.1, 0.15) is 41.1 Å². The molecule has 0 amide bonds. The molecule has 0 spiro atoms. The fraction of sp³-hybridized carbons (Fsp3) is 0.429. The van der Waals surface area contributed by atoms with Crippen molar-refractivity contribution in [1.82, 2.24) is 9.55 Å². The first-order valence-corrected chi connectivity index (χ1v) is 6.49. The van der Waals surface area contributed by atoms with E-state index in [0.29, 0.717) is 12.3 Å². The number of nitrogens with zero attached hydrogens (tertiary/aromatic N) is 2. The molecule has 1 unspecified atom stereocenters. The Balaban J connectivity index is 2.01. The summed E-state index contributed by atoms with van der Waals surface area (Å²) < 4.78 is 7.38. The van der Waals surface area contributed by atoms with Gasteiger partial charge in [0.1, 0.15) is 11.6 Å². The fourth-order valence-electron chi connectivity index (χ4n) is 2.67. The highest BCUT2D eigenvalue weighted by atomic mass is 16.4. The van der Waals surface area contributed by atoms with Gasteiger partial charge in [0, 0.05) is 6.54 Å². The number of carboxylic acid groups (broad SMARTS) is 1. The van der Waals surface area contributed by atoms with E-state index in [0.717, 1.165) is 36.7 Å². The Hall–Kier alpha value is -2.04. The number of imidazole rings is 1. The van der Waals surface area contributed by atoms with E-state index in [4.69, 9.17) is 4.42 Å². The van der Waals surface area contributed by atoms with Gasteiger partial charge in [-0.25, -0.2) is 9.78 Å². The fourth-order valence-corrected chi connectivity index (χ4v) is 2.67. The number of rotatable bonds is 3. The zero-order valence-corrected chi connectivity index (χ0v) is 10.8. The third kappa shape index (κ3) is 2.16. The zero-order chi connectivity index (χ0) is 13.4. The molecule has 5 nitrogen and oxygen atoms in total. The molecule has 3 heterocycles. The third-order valence-corrected chi connectivity index (χ3v) is 3.63. The maximum Gasteiger partial charge on any atom is 0.356 e. The normalized spacial score (nSPS) is 18.3. The Morgan fingerprint density at radius 3 is 3.16 bits per heavy atom. The molecule has 5 heteroatoms. The molecule has 0 radical (unpaired) electrons. The molecule has 1 aliphatic rings. The highest BCUT2D eigenvalue weighted by Crippen LogP contribution is 2.25. The first-order chi connectivity index (χ1) is 9.15. The van der Waals surface area contributed by atoms with Gasteiger partial charge in [-0.2, -0.15) is 0 Å². The lowest BCUT2D eigenvalue weighted by molar-refractivity contribution is 0.0689. The summed E-state index contributed by atoms with van der Waals surface area (Å²) in [4.78, 5) is 15.6. The maximum atomic E-state index is 11.3. The summed E-state index contributed by atoms with van der Waals surface area (Å²) in [5, 5.41) is 9.25. The van der Waals surface area contributed by atoms with E-state index in [1.807, 2.05) is 12.1 Å². The molecule has 0 bridgehead atoms. The van der Waals surface area contributed by atoms with Gasteiger partial charge in [-0.1, -0.05) is 6.92 Å². The van der Waals surface area contributed by atoms with E-state index in [1.165, 1.54) is 0 Å². The minimum atomic E-state index is -0.941. The number of carbonyl (C=O) groups is 1. The van der Waals surface area contributed by atoms with Crippen LogP contribution in [0.5, 0.6) is 0 Å². The molecular weight excluding hydrogens is 244 g/mol. The molecule has 1 N–H and O–H groups in total. The lowest BCUT2D eigenvalue weighted by Crippen LogP contribution is -2.20. The summed E-state index contributed by atoms with van der Waals surface area (Å²) in [5.41, 5.74) is 1.06. The number of hydrogen-bond acceptors (Lipinski definition) is 3. The van der Waals surface area contributed by atoms with Crippen molar-refractivity contribution in [3.63, 3.8) is 0 Å². The summed E-state index contributed by atoms with van der Waals surface area (Å²) >= 11 is 0. The Labute approximate surface area is 110 Å². The third-order valence-electron chi connectivity index (χ3n) is 3.63. The van der Waals surface area contributed by atoms with E-state index in [-0.39, 0.29) is 5.69 Å². The number of hydrogen-bond donors (Lipinski definition) is 1. The van der Waals surface area contributed by atoms with E-state index >= 15 is 0 Å². The van der Waals surface area contributed by atoms with E-state index in [2.05, 4.69) is 16.5 Å². The Kier molecular flexibility index (Phi) is 2.89. The Morgan fingerprint density at radius 2 is 2.47 bits per heavy atom. The zero-order valence-electron chi connectivity index (χ0n) is 10.8. The Morgan fingerprint density at radius 1 is 1.63 bits per heavy atom. The molecule has 3 rings (SSSR count). The molecule has 2 aromatic heterocycles. The molecule has 0 aliphatic carbocycles. The van der Waals surface area contributed by atoms with Gasteiger partial charge < -0.3 is 14.1 Å². The second-order valence-electron chi connectivity index (χ2n) is 5.14. The molecule has 100 valence electrons. The van der Waals surface area contributed by atoms with Crippen molar-refractivity contribution in [3.05, 3.63) is 41.4 Å². The largest absolute Gasteiger partial charge is 0.476 e. The van der Waals surface area contributed by atoms with Gasteiger partial charge in [0.25, 0.3) is 0 Å². The standard InChI is InChI=1S/C14H16N2O3/c1-9-4-5-11-13(14(17)18)15-12(16(11)8-9)7-10-3-2-6-19-10/h2-3,6,9H,4-5,7-8H2,1H3,(H,17,18). The summed E-state index contributed by atoms with van der Waals surface area (Å²) in [5.74, 6) is 1.21. The van der Waals surface area contributed by atoms with Gasteiger partial charge in [-0.15, -0.1) is 0 Å². The van der Waals surface area contributed by atoms with Gasteiger partial charge in [0.05, 0.1) is 18.4 Å². The van der Waals surface area contributed by atoms with Crippen molar-refractivity contribution >= 4 is 5.97 Å². The number of fused-ring (bicyclic) bond motifs is 1. The van der Waals surface area contributed by atoms with Crippen LogP contribution in [0.25, 0.3) is 0 Å². The van der Waals surface area contributed by atoms with E-state index in [9.17, 15) is 9.90 Å². The quantitative estimate of drug-likeness (QED) is 0.919. The van der Waals surface area contributed by atoms with Gasteiger partial charge in [-0.05, 0) is 30.9 Å². The van der Waals surface area contributed by atoms with Gasteiger partial charge in [0.15, 0.2) is 5.69 Å². The summed E-state index contributed by atoms with van der Waals surface area (Å²) in [6.07, 6.45) is 3.97. The van der Waals surface area contributed by atoms with Crippen LogP contribution >= 0.6 is 0 Å². The highest BCUT2D eigenvalue weighted by molar-refractivity contribution is 5.87. The smallest absolute Gasteiger partial charge is 0.356 e. The van der Waals surface area contributed by atoms with Crippen LogP contribution in [0, 0.1) is 5.92 Å². The number of carboxylic acids is 1. The molecule has 1 atom stereocenters. The van der Waals surface area contributed by atoms with Crippen LogP contribution < -0.4 is 0 Å². The van der Waals surface area contributed by atoms with Crippen LogP contribution in [0.2, 0.25) is 0 Å². The van der Waals surface area contributed by atoms with Crippen molar-refractivity contribution < 1.29 is 14.3 Å². The number of furan rings is 1.